The van der Waals surface area contributed by atoms with Crippen molar-refractivity contribution < 1.29 is 9.53 Å². The number of esters is 1. The summed E-state index contributed by atoms with van der Waals surface area (Å²) >= 11 is 1.31. The lowest BCUT2D eigenvalue weighted by molar-refractivity contribution is 0.0531. The van der Waals surface area contributed by atoms with Crippen LogP contribution in [0.4, 0.5) is 0 Å². The van der Waals surface area contributed by atoms with Gasteiger partial charge in [-0.3, -0.25) is 4.40 Å². The van der Waals surface area contributed by atoms with Gasteiger partial charge < -0.3 is 4.74 Å². The molecule has 0 atom stereocenters. The maximum atomic E-state index is 11.6. The van der Waals surface area contributed by atoms with Crippen LogP contribution in [0.5, 0.6) is 0 Å². The molecule has 0 saturated heterocycles. The Bertz CT molecular complexity index is 515. The van der Waals surface area contributed by atoms with Gasteiger partial charge in [0.2, 0.25) is 4.96 Å². The number of carbonyl (C=O) groups excluding carboxylic acids is 1. The van der Waals surface area contributed by atoms with E-state index in [0.717, 1.165) is 16.5 Å². The lowest BCUT2D eigenvalue weighted by atomic mass is 10.4. The molecule has 0 aliphatic carbocycles. The summed E-state index contributed by atoms with van der Waals surface area (Å²) in [7, 11) is 0. The van der Waals surface area contributed by atoms with E-state index in [4.69, 9.17) is 4.74 Å². The van der Waals surface area contributed by atoms with Crippen molar-refractivity contribution >= 4 is 22.3 Å². The summed E-state index contributed by atoms with van der Waals surface area (Å²) in [5.41, 5.74) is 0.843. The molecule has 0 amide bonds. The van der Waals surface area contributed by atoms with Gasteiger partial charge in [-0.05, 0) is 20.8 Å². The topological polar surface area (TPSA) is 56.5 Å². The van der Waals surface area contributed by atoms with Crippen molar-refractivity contribution in [3.8, 4) is 0 Å². The van der Waals surface area contributed by atoms with Gasteiger partial charge in [-0.15, -0.1) is 10.2 Å². The molecule has 0 N–H and O–H groups in total. The largest absolute Gasteiger partial charge is 0.462 e. The van der Waals surface area contributed by atoms with E-state index in [1.165, 1.54) is 11.3 Å². The summed E-state index contributed by atoms with van der Waals surface area (Å²) in [5, 5.41) is 7.90. The van der Waals surface area contributed by atoms with Crippen LogP contribution in [0.2, 0.25) is 0 Å². The summed E-state index contributed by atoms with van der Waals surface area (Å²) in [6, 6.07) is 0. The van der Waals surface area contributed by atoms with Crippen LogP contribution in [0.3, 0.4) is 0 Å². The molecule has 0 fully saturated rings. The number of ether oxygens (including phenoxy) is 1. The molecule has 0 aliphatic rings. The van der Waals surface area contributed by atoms with Gasteiger partial charge in [0.05, 0.1) is 6.61 Å². The molecule has 80 valence electrons. The van der Waals surface area contributed by atoms with Crippen LogP contribution >= 0.6 is 11.3 Å². The van der Waals surface area contributed by atoms with Gasteiger partial charge in [0.1, 0.15) is 10.7 Å². The second kappa shape index (κ2) is 3.62. The van der Waals surface area contributed by atoms with Crippen molar-refractivity contribution in [1.29, 1.82) is 0 Å². The first-order valence-corrected chi connectivity index (χ1v) is 5.45. The van der Waals surface area contributed by atoms with Gasteiger partial charge in [-0.1, -0.05) is 11.3 Å². The van der Waals surface area contributed by atoms with Gasteiger partial charge in [0.15, 0.2) is 0 Å². The van der Waals surface area contributed by atoms with Crippen LogP contribution in [-0.2, 0) is 4.74 Å². The van der Waals surface area contributed by atoms with Gasteiger partial charge >= 0.3 is 5.97 Å². The molecule has 0 bridgehead atoms. The first kappa shape index (κ1) is 10.1. The molecule has 2 aromatic heterocycles. The Labute approximate surface area is 90.7 Å². The summed E-state index contributed by atoms with van der Waals surface area (Å²) in [5.74, 6) is 0.499. The first-order valence-electron chi connectivity index (χ1n) is 4.63. The van der Waals surface area contributed by atoms with Gasteiger partial charge in [0.25, 0.3) is 0 Å². The fourth-order valence-electron chi connectivity index (χ4n) is 1.45. The number of thiazole rings is 1. The quantitative estimate of drug-likeness (QED) is 0.728. The molecule has 0 saturated carbocycles. The molecule has 2 heterocycles. The summed E-state index contributed by atoms with van der Waals surface area (Å²) in [6.45, 7) is 5.90. The molecule has 2 rings (SSSR count). The summed E-state index contributed by atoms with van der Waals surface area (Å²) in [4.78, 5) is 12.9. The maximum absolute atomic E-state index is 11.6. The number of hydrogen-bond donors (Lipinski definition) is 0. The second-order valence-corrected chi connectivity index (χ2v) is 4.08. The zero-order valence-electron chi connectivity index (χ0n) is 8.77. The number of fused-ring (bicyclic) bond motifs is 1. The smallest absolute Gasteiger partial charge is 0.350 e. The molecule has 0 aromatic carbocycles. The van der Waals surface area contributed by atoms with Crippen molar-refractivity contribution in [2.45, 2.75) is 20.8 Å². The lowest BCUT2D eigenvalue weighted by Crippen LogP contribution is -2.05. The lowest BCUT2D eigenvalue weighted by Gasteiger charge is -1.99. The summed E-state index contributed by atoms with van der Waals surface area (Å²) in [6.07, 6.45) is 0. The average Bonchev–Trinajstić information content (AvgIpc) is 2.70. The number of nitrogens with zero attached hydrogens (tertiary/aromatic N) is 3. The third kappa shape index (κ3) is 1.50. The van der Waals surface area contributed by atoms with E-state index in [9.17, 15) is 4.79 Å². The number of carbonyl (C=O) groups is 1. The molecule has 2 aromatic rings. The number of hydrogen-bond acceptors (Lipinski definition) is 5. The van der Waals surface area contributed by atoms with E-state index in [1.54, 1.807) is 6.92 Å². The van der Waals surface area contributed by atoms with E-state index in [0.29, 0.717) is 11.5 Å². The minimum Gasteiger partial charge on any atom is -0.462 e. The normalized spacial score (nSPS) is 10.9. The Balaban J connectivity index is 2.53. The third-order valence-electron chi connectivity index (χ3n) is 2.11. The van der Waals surface area contributed by atoms with Gasteiger partial charge in [0, 0.05) is 5.69 Å². The molecule has 0 aliphatic heterocycles. The molecular weight excluding hydrogens is 214 g/mol. The highest BCUT2D eigenvalue weighted by Gasteiger charge is 2.18. The zero-order valence-corrected chi connectivity index (χ0v) is 9.59. The molecule has 5 nitrogen and oxygen atoms in total. The monoisotopic (exact) mass is 225 g/mol. The van der Waals surface area contributed by atoms with E-state index >= 15 is 0 Å². The molecular formula is C9H11N3O2S. The second-order valence-electron chi connectivity index (χ2n) is 3.10. The van der Waals surface area contributed by atoms with Gasteiger partial charge in [-0.25, -0.2) is 4.79 Å². The van der Waals surface area contributed by atoms with Crippen LogP contribution < -0.4 is 0 Å². The Morgan fingerprint density at radius 3 is 2.80 bits per heavy atom. The third-order valence-corrected chi connectivity index (χ3v) is 3.23. The van der Waals surface area contributed by atoms with Crippen molar-refractivity contribution in [2.24, 2.45) is 0 Å². The maximum Gasteiger partial charge on any atom is 0.350 e. The number of aromatic nitrogens is 3. The fourth-order valence-corrected chi connectivity index (χ4v) is 2.45. The van der Waals surface area contributed by atoms with Crippen molar-refractivity contribution in [2.75, 3.05) is 6.61 Å². The predicted octanol–water partition coefficient (Wildman–Crippen LogP) is 1.58. The zero-order chi connectivity index (χ0) is 11.0. The van der Waals surface area contributed by atoms with Crippen molar-refractivity contribution in [3.63, 3.8) is 0 Å². The molecule has 15 heavy (non-hydrogen) atoms. The highest BCUT2D eigenvalue weighted by atomic mass is 32.1. The minimum absolute atomic E-state index is 0.287. The Hall–Kier alpha value is -1.43. The Morgan fingerprint density at radius 1 is 1.47 bits per heavy atom. The average molecular weight is 225 g/mol. The van der Waals surface area contributed by atoms with Crippen LogP contribution in [0.1, 0.15) is 28.1 Å². The molecule has 0 spiro atoms. The van der Waals surface area contributed by atoms with Crippen LogP contribution in [0.25, 0.3) is 4.96 Å². The highest BCUT2D eigenvalue weighted by Crippen LogP contribution is 2.23. The predicted molar refractivity (Wildman–Crippen MR) is 56.3 cm³/mol. The molecule has 0 radical (unpaired) electrons. The van der Waals surface area contributed by atoms with Crippen LogP contribution in [0.15, 0.2) is 0 Å². The minimum atomic E-state index is -0.287. The van der Waals surface area contributed by atoms with Crippen molar-refractivity contribution in [1.82, 2.24) is 14.6 Å². The van der Waals surface area contributed by atoms with Crippen molar-refractivity contribution in [3.05, 3.63) is 16.4 Å². The fraction of sp³-hybridized carbons (Fsp3) is 0.444. The van der Waals surface area contributed by atoms with E-state index in [-0.39, 0.29) is 5.97 Å². The van der Waals surface area contributed by atoms with Crippen LogP contribution in [-0.4, -0.2) is 27.2 Å². The number of rotatable bonds is 2. The highest BCUT2D eigenvalue weighted by molar-refractivity contribution is 7.19. The van der Waals surface area contributed by atoms with E-state index in [1.807, 2.05) is 18.2 Å². The van der Waals surface area contributed by atoms with E-state index in [2.05, 4.69) is 10.2 Å². The summed E-state index contributed by atoms with van der Waals surface area (Å²) < 4.78 is 6.82. The molecule has 0 unspecified atom stereocenters. The number of aryl methyl sites for hydroxylation is 2. The standard InChI is InChI=1S/C9H11N3O2S/c1-4-14-8(13)7-5(2)12-6(3)10-11-9(12)15-7/h4H2,1-3H3. The van der Waals surface area contributed by atoms with Gasteiger partial charge in [-0.2, -0.15) is 0 Å². The van der Waals surface area contributed by atoms with Crippen LogP contribution in [0, 0.1) is 13.8 Å². The molecule has 6 heteroatoms. The Kier molecular flexibility index (Phi) is 2.44. The van der Waals surface area contributed by atoms with E-state index < -0.39 is 0 Å². The SMILES string of the molecule is CCOC(=O)c1sc2nnc(C)n2c1C. The first-order chi connectivity index (χ1) is 7.15. The Morgan fingerprint density at radius 2 is 2.20 bits per heavy atom.